The summed E-state index contributed by atoms with van der Waals surface area (Å²) in [5.74, 6) is -0.155. The van der Waals surface area contributed by atoms with E-state index in [1.54, 1.807) is 11.2 Å². The number of halogens is 1. The first-order valence-corrected chi connectivity index (χ1v) is 10.9. The Balaban J connectivity index is 1.40. The van der Waals surface area contributed by atoms with Crippen molar-refractivity contribution in [3.05, 3.63) is 70.1 Å². The van der Waals surface area contributed by atoms with Gasteiger partial charge in [-0.1, -0.05) is 6.07 Å². The van der Waals surface area contributed by atoms with Crippen molar-refractivity contribution in [2.45, 2.75) is 37.4 Å². The summed E-state index contributed by atoms with van der Waals surface area (Å²) in [4.78, 5) is 32.4. The topological polar surface area (TPSA) is 79.2 Å². The number of thiazole rings is 1. The van der Waals surface area contributed by atoms with E-state index in [0.29, 0.717) is 35.7 Å². The Morgan fingerprint density at radius 3 is 3.00 bits per heavy atom. The van der Waals surface area contributed by atoms with Gasteiger partial charge in [-0.15, -0.1) is 11.3 Å². The van der Waals surface area contributed by atoms with Gasteiger partial charge in [0.15, 0.2) is 5.67 Å². The molecular weight excluding hydrogens is 403 g/mol. The molecule has 1 amide bonds. The maximum atomic E-state index is 14.8. The lowest BCUT2D eigenvalue weighted by atomic mass is 9.83. The average molecular weight is 422 g/mol. The molecule has 9 heteroatoms. The molecule has 2 aliphatic rings. The minimum absolute atomic E-state index is 0.155. The molecule has 0 spiro atoms. The molecule has 0 radical (unpaired) electrons. The van der Waals surface area contributed by atoms with Crippen molar-refractivity contribution in [3.8, 4) is 0 Å². The van der Waals surface area contributed by atoms with Crippen LogP contribution in [0, 0.1) is 0 Å². The molecule has 0 saturated heterocycles. The van der Waals surface area contributed by atoms with Gasteiger partial charge in [-0.2, -0.15) is 0 Å². The second-order valence-electron chi connectivity index (χ2n) is 7.90. The smallest absolute Gasteiger partial charge is 0.266 e. The molecular formula is C21H19FN6OS. The van der Waals surface area contributed by atoms with Gasteiger partial charge in [0.2, 0.25) is 0 Å². The van der Waals surface area contributed by atoms with Crippen LogP contribution in [0.1, 0.15) is 57.1 Å². The SMILES string of the molecule is O=C(c1cnc(C2(F)CCC2)s1)N1CCc2[nH]cnc2[C@@H]1c1cn2ccccc2n1. The summed E-state index contributed by atoms with van der Waals surface area (Å²) in [6, 6.07) is 5.40. The molecule has 0 bridgehead atoms. The summed E-state index contributed by atoms with van der Waals surface area (Å²) in [6.07, 6.45) is 9.57. The number of amides is 1. The molecule has 4 aromatic heterocycles. The molecule has 1 aliphatic carbocycles. The number of aromatic amines is 1. The van der Waals surface area contributed by atoms with Crippen molar-refractivity contribution in [1.82, 2.24) is 29.2 Å². The number of hydrogen-bond acceptors (Lipinski definition) is 5. The molecule has 0 aromatic carbocycles. The van der Waals surface area contributed by atoms with Gasteiger partial charge in [0.1, 0.15) is 21.6 Å². The van der Waals surface area contributed by atoms with Crippen LogP contribution < -0.4 is 0 Å². The number of hydrogen-bond donors (Lipinski definition) is 1. The van der Waals surface area contributed by atoms with Crippen LogP contribution in [-0.2, 0) is 12.1 Å². The van der Waals surface area contributed by atoms with Gasteiger partial charge in [0.05, 0.1) is 23.9 Å². The van der Waals surface area contributed by atoms with E-state index in [1.165, 1.54) is 17.5 Å². The highest BCUT2D eigenvalue weighted by Crippen LogP contribution is 2.46. The van der Waals surface area contributed by atoms with E-state index >= 15 is 0 Å². The van der Waals surface area contributed by atoms with Crippen LogP contribution in [0.4, 0.5) is 4.39 Å². The first-order valence-electron chi connectivity index (χ1n) is 10.0. The first-order chi connectivity index (χ1) is 14.6. The highest BCUT2D eigenvalue weighted by Gasteiger charge is 2.43. The zero-order valence-corrected chi connectivity index (χ0v) is 16.9. The van der Waals surface area contributed by atoms with Gasteiger partial charge >= 0.3 is 0 Å². The van der Waals surface area contributed by atoms with Crippen molar-refractivity contribution < 1.29 is 9.18 Å². The number of fused-ring (bicyclic) bond motifs is 2. The van der Waals surface area contributed by atoms with E-state index in [4.69, 9.17) is 4.98 Å². The van der Waals surface area contributed by atoms with Crippen LogP contribution in [0.15, 0.2) is 43.1 Å². The van der Waals surface area contributed by atoms with E-state index in [2.05, 4.69) is 15.0 Å². The molecule has 1 fully saturated rings. The second-order valence-corrected chi connectivity index (χ2v) is 8.93. The van der Waals surface area contributed by atoms with Gasteiger partial charge in [-0.05, 0) is 31.4 Å². The van der Waals surface area contributed by atoms with Crippen molar-refractivity contribution in [2.24, 2.45) is 0 Å². The molecule has 1 saturated carbocycles. The summed E-state index contributed by atoms with van der Waals surface area (Å²) >= 11 is 1.17. The summed E-state index contributed by atoms with van der Waals surface area (Å²) in [7, 11) is 0. The molecule has 6 rings (SSSR count). The number of rotatable bonds is 3. The number of carbonyl (C=O) groups is 1. The fourth-order valence-electron chi connectivity index (χ4n) is 4.30. The zero-order chi connectivity index (χ0) is 20.3. The van der Waals surface area contributed by atoms with Crippen molar-refractivity contribution in [2.75, 3.05) is 6.54 Å². The Morgan fingerprint density at radius 1 is 1.30 bits per heavy atom. The lowest BCUT2D eigenvalue weighted by Crippen LogP contribution is -2.40. The molecule has 1 aliphatic heterocycles. The summed E-state index contributed by atoms with van der Waals surface area (Å²) in [5.41, 5.74) is 2.04. The Kier molecular flexibility index (Phi) is 3.83. The van der Waals surface area contributed by atoms with Crippen molar-refractivity contribution >= 4 is 22.9 Å². The van der Waals surface area contributed by atoms with Crippen molar-refractivity contribution in [1.29, 1.82) is 0 Å². The largest absolute Gasteiger partial charge is 0.348 e. The third kappa shape index (κ3) is 2.61. The lowest BCUT2D eigenvalue weighted by Gasteiger charge is -2.33. The minimum Gasteiger partial charge on any atom is -0.348 e. The Morgan fingerprint density at radius 2 is 2.20 bits per heavy atom. The summed E-state index contributed by atoms with van der Waals surface area (Å²) in [6.45, 7) is 0.528. The van der Waals surface area contributed by atoms with Crippen LogP contribution in [0.3, 0.4) is 0 Å². The van der Waals surface area contributed by atoms with E-state index in [9.17, 15) is 9.18 Å². The molecule has 152 valence electrons. The second kappa shape index (κ2) is 6.46. The highest BCUT2D eigenvalue weighted by molar-refractivity contribution is 7.13. The molecule has 4 aromatic rings. The Hall–Kier alpha value is -3.07. The van der Waals surface area contributed by atoms with E-state index in [-0.39, 0.29) is 5.91 Å². The minimum atomic E-state index is -1.36. The monoisotopic (exact) mass is 422 g/mol. The number of alkyl halides is 1. The number of nitrogens with one attached hydrogen (secondary N) is 1. The number of carbonyl (C=O) groups excluding carboxylic acids is 1. The Bertz CT molecular complexity index is 1220. The third-order valence-electron chi connectivity index (χ3n) is 6.09. The van der Waals surface area contributed by atoms with Crippen molar-refractivity contribution in [3.63, 3.8) is 0 Å². The normalized spacial score (nSPS) is 20.2. The fraction of sp³-hybridized carbons (Fsp3) is 0.333. The maximum Gasteiger partial charge on any atom is 0.266 e. The van der Waals surface area contributed by atoms with Gasteiger partial charge in [0.25, 0.3) is 5.91 Å². The molecule has 0 unspecified atom stereocenters. The lowest BCUT2D eigenvalue weighted by molar-refractivity contribution is 0.0606. The van der Waals surface area contributed by atoms with E-state index in [0.717, 1.165) is 29.1 Å². The molecule has 7 nitrogen and oxygen atoms in total. The van der Waals surface area contributed by atoms with Crippen LogP contribution in [-0.4, -0.2) is 41.7 Å². The standard InChI is InChI=1S/C21H19FN6OS/c22-21(6-3-7-21)20-23-10-15(30-20)19(29)28-9-5-13-17(25-12-24-13)18(28)14-11-27-8-2-1-4-16(27)26-14/h1-2,4,8,10-12,18H,3,5-7,9H2,(H,24,25)/t18-/m0/s1. The Labute approximate surface area is 175 Å². The van der Waals surface area contributed by atoms with Crippen LogP contribution in [0.2, 0.25) is 0 Å². The molecule has 1 N–H and O–H groups in total. The zero-order valence-electron chi connectivity index (χ0n) is 16.1. The van der Waals surface area contributed by atoms with Crippen LogP contribution in [0.25, 0.3) is 5.65 Å². The van der Waals surface area contributed by atoms with Gasteiger partial charge < -0.3 is 14.3 Å². The van der Waals surface area contributed by atoms with E-state index in [1.807, 2.05) is 35.0 Å². The first kappa shape index (κ1) is 17.8. The van der Waals surface area contributed by atoms with Crippen LogP contribution in [0.5, 0.6) is 0 Å². The predicted octanol–water partition coefficient (Wildman–Crippen LogP) is 3.65. The number of imidazole rings is 2. The molecule has 5 heterocycles. The van der Waals surface area contributed by atoms with Crippen LogP contribution >= 0.6 is 11.3 Å². The number of H-pyrrole nitrogens is 1. The molecule has 30 heavy (non-hydrogen) atoms. The maximum absolute atomic E-state index is 14.8. The molecule has 1 atom stereocenters. The van der Waals surface area contributed by atoms with Gasteiger partial charge in [0, 0.05) is 31.1 Å². The van der Waals surface area contributed by atoms with Gasteiger partial charge in [-0.3, -0.25) is 4.79 Å². The summed E-state index contributed by atoms with van der Waals surface area (Å²) < 4.78 is 16.7. The average Bonchev–Trinajstić information content (AvgIpc) is 3.49. The predicted molar refractivity (Wildman–Crippen MR) is 109 cm³/mol. The summed E-state index contributed by atoms with van der Waals surface area (Å²) in [5, 5.41) is 0.416. The highest BCUT2D eigenvalue weighted by atomic mass is 32.1. The van der Waals surface area contributed by atoms with E-state index < -0.39 is 11.7 Å². The number of pyridine rings is 1. The van der Waals surface area contributed by atoms with Gasteiger partial charge in [-0.25, -0.2) is 19.3 Å². The fourth-order valence-corrected chi connectivity index (χ4v) is 5.31. The number of nitrogens with zero attached hydrogens (tertiary/aromatic N) is 5. The number of aromatic nitrogens is 5. The third-order valence-corrected chi connectivity index (χ3v) is 7.26. The quantitative estimate of drug-likeness (QED) is 0.547.